The van der Waals surface area contributed by atoms with Gasteiger partial charge in [0.2, 0.25) is 5.75 Å². The smallest absolute Gasteiger partial charge is 0.203 e. The van der Waals surface area contributed by atoms with E-state index in [1.165, 1.54) is 5.49 Å². The predicted molar refractivity (Wildman–Crippen MR) is 63.4 cm³/mol. The van der Waals surface area contributed by atoms with Crippen LogP contribution in [0.15, 0.2) is 12.1 Å². The average molecular weight is 227 g/mol. The van der Waals surface area contributed by atoms with Crippen molar-refractivity contribution in [1.29, 1.82) is 0 Å². The summed E-state index contributed by atoms with van der Waals surface area (Å²) < 4.78 is 15.5. The minimum absolute atomic E-state index is 0.565. The first-order chi connectivity index (χ1) is 7.26. The van der Waals surface area contributed by atoms with Crippen LogP contribution in [0.4, 0.5) is 5.69 Å². The Labute approximate surface area is 94.1 Å². The van der Waals surface area contributed by atoms with Crippen LogP contribution in [0, 0.1) is 0 Å². The van der Waals surface area contributed by atoms with Gasteiger partial charge >= 0.3 is 0 Å². The van der Waals surface area contributed by atoms with Gasteiger partial charge < -0.3 is 19.5 Å². The van der Waals surface area contributed by atoms with E-state index < -0.39 is 0 Å². The topological polar surface area (TPSA) is 39.7 Å². The maximum Gasteiger partial charge on any atom is 0.203 e. The van der Waals surface area contributed by atoms with Crippen molar-refractivity contribution in [1.82, 2.24) is 0 Å². The van der Waals surface area contributed by atoms with Gasteiger partial charge in [-0.05, 0) is 0 Å². The van der Waals surface area contributed by atoms with E-state index in [2.05, 4.69) is 5.32 Å². The van der Waals surface area contributed by atoms with E-state index in [-0.39, 0.29) is 0 Å². The molecule has 1 N–H and O–H groups in total. The van der Waals surface area contributed by atoms with Crippen LogP contribution in [0.3, 0.4) is 0 Å². The Bertz CT molecular complexity index is 330. The van der Waals surface area contributed by atoms with E-state index in [9.17, 15) is 0 Å². The highest BCUT2D eigenvalue weighted by molar-refractivity contribution is 7.79. The van der Waals surface area contributed by atoms with Gasteiger partial charge in [-0.15, -0.1) is 0 Å². The fourth-order valence-electron chi connectivity index (χ4n) is 1.23. The zero-order chi connectivity index (χ0) is 11.3. The lowest BCUT2D eigenvalue weighted by Gasteiger charge is -2.13. The molecule has 0 fully saturated rings. The Hall–Kier alpha value is -1.49. The lowest BCUT2D eigenvalue weighted by molar-refractivity contribution is 0.325. The predicted octanol–water partition coefficient (Wildman–Crippen LogP) is 2.08. The summed E-state index contributed by atoms with van der Waals surface area (Å²) in [5.74, 6) is 1.75. The van der Waals surface area contributed by atoms with E-state index >= 15 is 0 Å². The molecule has 0 bridgehead atoms. The Morgan fingerprint density at radius 1 is 1.07 bits per heavy atom. The molecule has 0 aliphatic rings. The van der Waals surface area contributed by atoms with E-state index in [1.807, 2.05) is 0 Å². The number of methoxy groups -OCH3 is 3. The minimum Gasteiger partial charge on any atom is -0.493 e. The SMILES string of the molecule is COc1cc(NC=S)cc(OC)c1OC. The first kappa shape index (κ1) is 11.6. The Kier molecular flexibility index (Phi) is 4.17. The van der Waals surface area contributed by atoms with Gasteiger partial charge in [0.15, 0.2) is 11.5 Å². The molecule has 1 rings (SSSR count). The first-order valence-corrected chi connectivity index (χ1v) is 4.74. The molecular weight excluding hydrogens is 214 g/mol. The fourth-order valence-corrected chi connectivity index (χ4v) is 1.37. The number of nitrogens with one attached hydrogen (secondary N) is 1. The molecule has 0 heterocycles. The highest BCUT2D eigenvalue weighted by Gasteiger charge is 2.12. The van der Waals surface area contributed by atoms with Crippen LogP contribution >= 0.6 is 12.2 Å². The van der Waals surface area contributed by atoms with E-state index in [4.69, 9.17) is 26.4 Å². The lowest BCUT2D eigenvalue weighted by Crippen LogP contribution is -1.98. The quantitative estimate of drug-likeness (QED) is 0.780. The van der Waals surface area contributed by atoms with Crippen LogP contribution in [-0.4, -0.2) is 26.8 Å². The maximum atomic E-state index is 5.18. The van der Waals surface area contributed by atoms with Crippen molar-refractivity contribution in [2.24, 2.45) is 0 Å². The van der Waals surface area contributed by atoms with Gasteiger partial charge in [0.1, 0.15) is 0 Å². The van der Waals surface area contributed by atoms with Crippen molar-refractivity contribution in [3.8, 4) is 17.2 Å². The van der Waals surface area contributed by atoms with Crippen molar-refractivity contribution < 1.29 is 14.2 Å². The van der Waals surface area contributed by atoms with Crippen LogP contribution in [0.5, 0.6) is 17.2 Å². The minimum atomic E-state index is 0.565. The standard InChI is InChI=1S/C10H13NO3S/c1-12-8-4-7(11-6-15)5-9(13-2)10(8)14-3/h4-6H,1-3H3,(H,11,15). The van der Waals surface area contributed by atoms with Crippen molar-refractivity contribution in [3.05, 3.63) is 12.1 Å². The van der Waals surface area contributed by atoms with E-state index in [0.717, 1.165) is 5.69 Å². The third-order valence-corrected chi connectivity index (χ3v) is 2.01. The highest BCUT2D eigenvalue weighted by atomic mass is 32.1. The largest absolute Gasteiger partial charge is 0.493 e. The van der Waals surface area contributed by atoms with Crippen LogP contribution < -0.4 is 19.5 Å². The second-order valence-corrected chi connectivity index (χ2v) is 2.91. The van der Waals surface area contributed by atoms with Crippen molar-refractivity contribution in [3.63, 3.8) is 0 Å². The molecule has 4 nitrogen and oxygen atoms in total. The molecule has 1 aromatic carbocycles. The normalized spacial score (nSPS) is 9.27. The number of ether oxygens (including phenoxy) is 3. The van der Waals surface area contributed by atoms with Crippen LogP contribution in [0.25, 0.3) is 0 Å². The molecular formula is C10H13NO3S. The number of rotatable bonds is 5. The molecule has 0 radical (unpaired) electrons. The summed E-state index contributed by atoms with van der Waals surface area (Å²) >= 11 is 4.71. The van der Waals surface area contributed by atoms with Crippen LogP contribution in [0.2, 0.25) is 0 Å². The Morgan fingerprint density at radius 2 is 1.60 bits per heavy atom. The fraction of sp³-hybridized carbons (Fsp3) is 0.300. The molecule has 0 aromatic heterocycles. The molecule has 15 heavy (non-hydrogen) atoms. The molecule has 0 spiro atoms. The van der Waals surface area contributed by atoms with Gasteiger partial charge in [-0.1, -0.05) is 12.2 Å². The molecule has 0 saturated carbocycles. The number of thiocarbonyl (C=S) groups is 1. The van der Waals surface area contributed by atoms with E-state index in [0.29, 0.717) is 17.2 Å². The summed E-state index contributed by atoms with van der Waals surface area (Å²) in [5, 5.41) is 2.88. The Balaban J connectivity index is 3.22. The number of hydrogen-bond acceptors (Lipinski definition) is 4. The third-order valence-electron chi connectivity index (χ3n) is 1.89. The zero-order valence-corrected chi connectivity index (χ0v) is 9.68. The summed E-state index contributed by atoms with van der Waals surface area (Å²) in [4.78, 5) is 0. The molecule has 82 valence electrons. The second kappa shape index (κ2) is 5.41. The lowest BCUT2D eigenvalue weighted by atomic mass is 10.2. The average Bonchev–Trinajstić information content (AvgIpc) is 2.28. The molecule has 1 aromatic rings. The molecule has 0 aliphatic carbocycles. The molecule has 5 heteroatoms. The summed E-state index contributed by atoms with van der Waals surface area (Å²) in [6, 6.07) is 3.56. The van der Waals surface area contributed by atoms with Gasteiger partial charge in [-0.25, -0.2) is 0 Å². The third kappa shape index (κ3) is 2.50. The van der Waals surface area contributed by atoms with Crippen molar-refractivity contribution >= 4 is 23.4 Å². The van der Waals surface area contributed by atoms with Gasteiger partial charge in [0.25, 0.3) is 0 Å². The van der Waals surface area contributed by atoms with E-state index in [1.54, 1.807) is 33.5 Å². The molecule has 0 atom stereocenters. The molecule has 0 amide bonds. The number of hydrogen-bond donors (Lipinski definition) is 1. The summed E-state index contributed by atoms with van der Waals surface area (Å²) in [6.45, 7) is 0. The highest BCUT2D eigenvalue weighted by Crippen LogP contribution is 2.39. The first-order valence-electron chi connectivity index (χ1n) is 4.27. The Morgan fingerprint density at radius 3 is 1.93 bits per heavy atom. The molecule has 0 aliphatic heterocycles. The second-order valence-electron chi connectivity index (χ2n) is 2.68. The van der Waals surface area contributed by atoms with Gasteiger partial charge in [0.05, 0.1) is 26.8 Å². The van der Waals surface area contributed by atoms with Crippen molar-refractivity contribution in [2.75, 3.05) is 26.6 Å². The summed E-state index contributed by atoms with van der Waals surface area (Å²) in [6.07, 6.45) is 0. The van der Waals surface area contributed by atoms with Gasteiger partial charge in [-0.2, -0.15) is 0 Å². The van der Waals surface area contributed by atoms with Crippen LogP contribution in [-0.2, 0) is 0 Å². The van der Waals surface area contributed by atoms with Crippen molar-refractivity contribution in [2.45, 2.75) is 0 Å². The number of benzene rings is 1. The molecule has 0 saturated heterocycles. The monoisotopic (exact) mass is 227 g/mol. The summed E-state index contributed by atoms with van der Waals surface area (Å²) in [5.41, 5.74) is 2.21. The molecule has 0 unspecified atom stereocenters. The maximum absolute atomic E-state index is 5.18. The van der Waals surface area contributed by atoms with Gasteiger partial charge in [0, 0.05) is 17.8 Å². The number of anilines is 1. The van der Waals surface area contributed by atoms with Crippen LogP contribution in [0.1, 0.15) is 0 Å². The van der Waals surface area contributed by atoms with Gasteiger partial charge in [-0.3, -0.25) is 0 Å². The zero-order valence-electron chi connectivity index (χ0n) is 8.87. The summed E-state index contributed by atoms with van der Waals surface area (Å²) in [7, 11) is 4.70.